The van der Waals surface area contributed by atoms with Crippen LogP contribution in [0.4, 0.5) is 0 Å². The van der Waals surface area contributed by atoms with Gasteiger partial charge in [-0.2, -0.15) is 5.10 Å². The Bertz CT molecular complexity index is 1090. The second kappa shape index (κ2) is 8.55. The normalized spacial score (nSPS) is 18.7. The number of hydrogen-bond donors (Lipinski definition) is 2. The van der Waals surface area contributed by atoms with Crippen LogP contribution in [0.3, 0.4) is 0 Å². The molecule has 2 aromatic heterocycles. The lowest BCUT2D eigenvalue weighted by atomic mass is 9.91. The molecular formula is C24H32N6O. The Labute approximate surface area is 182 Å². The van der Waals surface area contributed by atoms with E-state index in [-0.39, 0.29) is 5.56 Å². The van der Waals surface area contributed by atoms with Crippen LogP contribution in [0.2, 0.25) is 0 Å². The van der Waals surface area contributed by atoms with Crippen molar-refractivity contribution in [3.63, 3.8) is 0 Å². The van der Waals surface area contributed by atoms with Crippen LogP contribution in [0.25, 0.3) is 16.7 Å². The van der Waals surface area contributed by atoms with E-state index >= 15 is 0 Å². The van der Waals surface area contributed by atoms with Gasteiger partial charge < -0.3 is 10.3 Å². The molecule has 2 saturated heterocycles. The summed E-state index contributed by atoms with van der Waals surface area (Å²) in [5.41, 5.74) is 2.39. The van der Waals surface area contributed by atoms with Crippen LogP contribution in [0.1, 0.15) is 38.2 Å². The largest absolute Gasteiger partial charge is 0.314 e. The van der Waals surface area contributed by atoms with Crippen molar-refractivity contribution in [2.24, 2.45) is 11.8 Å². The highest BCUT2D eigenvalue weighted by atomic mass is 16.1. The maximum atomic E-state index is 13.1. The van der Waals surface area contributed by atoms with Crippen molar-refractivity contribution in [1.29, 1.82) is 0 Å². The molecule has 0 aliphatic carbocycles. The van der Waals surface area contributed by atoms with Gasteiger partial charge in [0.2, 0.25) is 0 Å². The number of para-hydroxylation sites is 1. The summed E-state index contributed by atoms with van der Waals surface area (Å²) in [5.74, 6) is 1.76. The lowest BCUT2D eigenvalue weighted by Gasteiger charge is -2.42. The number of H-pyrrole nitrogens is 1. The van der Waals surface area contributed by atoms with Crippen molar-refractivity contribution in [2.45, 2.75) is 45.6 Å². The summed E-state index contributed by atoms with van der Waals surface area (Å²) in [7, 11) is 0. The molecule has 4 heterocycles. The van der Waals surface area contributed by atoms with Gasteiger partial charge in [-0.3, -0.25) is 9.69 Å². The lowest BCUT2D eigenvalue weighted by Crippen LogP contribution is -2.58. The number of nitrogens with zero attached hydrogens (tertiary/aromatic N) is 4. The quantitative estimate of drug-likeness (QED) is 0.641. The van der Waals surface area contributed by atoms with Gasteiger partial charge in [0.05, 0.1) is 11.4 Å². The Morgan fingerprint density at radius 3 is 2.52 bits per heavy atom. The van der Waals surface area contributed by atoms with Gasteiger partial charge in [-0.1, -0.05) is 32.0 Å². The number of hydrogen-bond acceptors (Lipinski definition) is 5. The van der Waals surface area contributed by atoms with Gasteiger partial charge in [0.1, 0.15) is 11.2 Å². The third-order valence-electron chi connectivity index (χ3n) is 6.67. The summed E-state index contributed by atoms with van der Waals surface area (Å²) < 4.78 is 1.85. The molecule has 5 rings (SSSR count). The van der Waals surface area contributed by atoms with E-state index in [9.17, 15) is 4.79 Å². The standard InChI is InChI=1S/C24H32N6O/c1-16(2)12-20-22-23(30(28-20)18-6-4-3-5-7-18)26-21(27-24(22)31)13-17-8-10-29(11-9-17)19-14-25-15-19/h3-7,16-17,19,25H,8-15H2,1-2H3,(H,26,27,31). The molecule has 7 nitrogen and oxygen atoms in total. The minimum absolute atomic E-state index is 0.0594. The third kappa shape index (κ3) is 4.16. The van der Waals surface area contributed by atoms with Crippen molar-refractivity contribution in [1.82, 2.24) is 30.0 Å². The summed E-state index contributed by atoms with van der Waals surface area (Å²) >= 11 is 0. The zero-order chi connectivity index (χ0) is 21.4. The van der Waals surface area contributed by atoms with Gasteiger partial charge in [0.25, 0.3) is 5.56 Å². The first-order valence-electron chi connectivity index (χ1n) is 11.6. The van der Waals surface area contributed by atoms with E-state index in [1.54, 1.807) is 0 Å². The van der Waals surface area contributed by atoms with Crippen molar-refractivity contribution in [3.05, 3.63) is 52.2 Å². The molecule has 0 atom stereocenters. The highest BCUT2D eigenvalue weighted by Crippen LogP contribution is 2.24. The molecule has 0 radical (unpaired) electrons. The predicted octanol–water partition coefficient (Wildman–Crippen LogP) is 2.53. The molecule has 31 heavy (non-hydrogen) atoms. The Morgan fingerprint density at radius 2 is 1.87 bits per heavy atom. The predicted molar refractivity (Wildman–Crippen MR) is 123 cm³/mol. The molecule has 1 aromatic carbocycles. The molecule has 7 heteroatoms. The topological polar surface area (TPSA) is 78.8 Å². The van der Waals surface area contributed by atoms with Gasteiger partial charge in [0.15, 0.2) is 5.65 Å². The van der Waals surface area contributed by atoms with E-state index in [4.69, 9.17) is 10.1 Å². The maximum Gasteiger partial charge on any atom is 0.262 e. The first-order chi connectivity index (χ1) is 15.1. The van der Waals surface area contributed by atoms with E-state index in [0.29, 0.717) is 22.9 Å². The molecule has 2 fully saturated rings. The number of aromatic nitrogens is 4. The number of piperidine rings is 1. The van der Waals surface area contributed by atoms with Crippen LogP contribution >= 0.6 is 0 Å². The molecule has 0 amide bonds. The number of nitrogens with one attached hydrogen (secondary N) is 2. The van der Waals surface area contributed by atoms with Crippen molar-refractivity contribution in [2.75, 3.05) is 26.2 Å². The fourth-order valence-corrected chi connectivity index (χ4v) is 4.84. The first kappa shape index (κ1) is 20.4. The molecule has 164 valence electrons. The third-order valence-corrected chi connectivity index (χ3v) is 6.67. The highest BCUT2D eigenvalue weighted by molar-refractivity contribution is 5.79. The smallest absolute Gasteiger partial charge is 0.262 e. The monoisotopic (exact) mass is 420 g/mol. The van der Waals surface area contributed by atoms with Crippen LogP contribution in [-0.4, -0.2) is 56.9 Å². The lowest BCUT2D eigenvalue weighted by molar-refractivity contribution is 0.0983. The van der Waals surface area contributed by atoms with Gasteiger partial charge >= 0.3 is 0 Å². The Balaban J connectivity index is 1.44. The maximum absolute atomic E-state index is 13.1. The number of likely N-dealkylation sites (tertiary alicyclic amines) is 1. The summed E-state index contributed by atoms with van der Waals surface area (Å²) in [6.45, 7) is 8.83. The van der Waals surface area contributed by atoms with E-state index < -0.39 is 0 Å². The summed E-state index contributed by atoms with van der Waals surface area (Å²) in [4.78, 5) is 23.7. The molecule has 0 spiro atoms. The van der Waals surface area contributed by atoms with Gasteiger partial charge in [-0.25, -0.2) is 9.67 Å². The van der Waals surface area contributed by atoms with Crippen LogP contribution in [-0.2, 0) is 12.8 Å². The zero-order valence-corrected chi connectivity index (χ0v) is 18.5. The van der Waals surface area contributed by atoms with Gasteiger partial charge in [-0.05, 0) is 56.3 Å². The van der Waals surface area contributed by atoms with Crippen LogP contribution < -0.4 is 10.9 Å². The number of aromatic amines is 1. The van der Waals surface area contributed by atoms with Gasteiger partial charge in [-0.15, -0.1) is 0 Å². The summed E-state index contributed by atoms with van der Waals surface area (Å²) in [6, 6.07) is 10.7. The fourth-order valence-electron chi connectivity index (χ4n) is 4.84. The average molecular weight is 421 g/mol. The van der Waals surface area contributed by atoms with Crippen molar-refractivity contribution >= 4 is 11.0 Å². The van der Waals surface area contributed by atoms with E-state index in [2.05, 4.69) is 29.0 Å². The molecule has 2 aliphatic heterocycles. The van der Waals surface area contributed by atoms with Crippen molar-refractivity contribution in [3.8, 4) is 5.69 Å². The minimum Gasteiger partial charge on any atom is -0.314 e. The molecule has 0 unspecified atom stereocenters. The second-order valence-electron chi connectivity index (χ2n) is 9.50. The second-order valence-corrected chi connectivity index (χ2v) is 9.50. The number of fused-ring (bicyclic) bond motifs is 1. The Hall–Kier alpha value is -2.51. The van der Waals surface area contributed by atoms with Crippen LogP contribution in [0.15, 0.2) is 35.1 Å². The van der Waals surface area contributed by atoms with Crippen molar-refractivity contribution < 1.29 is 0 Å². The Kier molecular flexibility index (Phi) is 5.63. The summed E-state index contributed by atoms with van der Waals surface area (Å²) in [6.07, 6.45) is 3.90. The van der Waals surface area contributed by atoms with E-state index in [1.165, 1.54) is 0 Å². The molecule has 2 aliphatic rings. The fraction of sp³-hybridized carbons (Fsp3) is 0.542. The minimum atomic E-state index is -0.0594. The molecule has 2 N–H and O–H groups in total. The number of rotatable bonds is 6. The Morgan fingerprint density at radius 1 is 1.13 bits per heavy atom. The highest BCUT2D eigenvalue weighted by Gasteiger charge is 2.29. The van der Waals surface area contributed by atoms with Gasteiger partial charge in [0, 0.05) is 25.6 Å². The van der Waals surface area contributed by atoms with Crippen LogP contribution in [0.5, 0.6) is 0 Å². The molecule has 3 aromatic rings. The van der Waals surface area contributed by atoms with E-state index in [0.717, 1.165) is 75.1 Å². The SMILES string of the molecule is CC(C)Cc1nn(-c2ccccc2)c2nc(CC3CCN(C4CNC4)CC3)[nH]c(=O)c12. The number of benzene rings is 1. The molecule has 0 saturated carbocycles. The average Bonchev–Trinajstić information content (AvgIpc) is 3.07. The van der Waals surface area contributed by atoms with Crippen LogP contribution in [0, 0.1) is 11.8 Å². The zero-order valence-electron chi connectivity index (χ0n) is 18.5. The summed E-state index contributed by atoms with van der Waals surface area (Å²) in [5, 5.41) is 8.81. The molecular weight excluding hydrogens is 388 g/mol. The first-order valence-corrected chi connectivity index (χ1v) is 11.6. The van der Waals surface area contributed by atoms with E-state index in [1.807, 2.05) is 35.0 Å². The molecule has 0 bridgehead atoms.